The Labute approximate surface area is 137 Å². The molecule has 1 amide bonds. The molecule has 0 aliphatic carbocycles. The van der Waals surface area contributed by atoms with Crippen molar-refractivity contribution in [1.82, 2.24) is 4.90 Å². The average molecular weight is 319 g/mol. The fourth-order valence-electron chi connectivity index (χ4n) is 2.75. The van der Waals surface area contributed by atoms with Crippen LogP contribution in [-0.2, 0) is 4.74 Å². The molecule has 1 aromatic carbocycles. The van der Waals surface area contributed by atoms with Crippen LogP contribution >= 0.6 is 0 Å². The quantitative estimate of drug-likeness (QED) is 0.800. The van der Waals surface area contributed by atoms with E-state index in [9.17, 15) is 9.59 Å². The summed E-state index contributed by atoms with van der Waals surface area (Å²) in [4.78, 5) is 26.6. The summed E-state index contributed by atoms with van der Waals surface area (Å²) in [7, 11) is 1.56. The Kier molecular flexibility index (Phi) is 5.29. The van der Waals surface area contributed by atoms with E-state index in [0.717, 1.165) is 12.8 Å². The van der Waals surface area contributed by atoms with Crippen LogP contribution in [0.15, 0.2) is 24.3 Å². The van der Waals surface area contributed by atoms with Crippen LogP contribution in [0.3, 0.4) is 0 Å². The highest BCUT2D eigenvalue weighted by atomic mass is 16.6. The largest absolute Gasteiger partial charge is 0.496 e. The van der Waals surface area contributed by atoms with E-state index in [4.69, 9.17) is 9.47 Å². The number of amides is 1. The summed E-state index contributed by atoms with van der Waals surface area (Å²) in [5.74, 6) is 0.384. The number of rotatable bonds is 3. The topological polar surface area (TPSA) is 55.8 Å². The second kappa shape index (κ2) is 7.02. The van der Waals surface area contributed by atoms with Crippen LogP contribution in [0.1, 0.15) is 44.0 Å². The van der Waals surface area contributed by atoms with Crippen molar-refractivity contribution in [2.24, 2.45) is 5.92 Å². The molecule has 0 radical (unpaired) electrons. The number of Topliss-reactive ketones (excluding diaryl/α,β-unsaturated/α-hetero) is 1. The molecule has 126 valence electrons. The summed E-state index contributed by atoms with van der Waals surface area (Å²) < 4.78 is 10.7. The molecule has 1 aromatic rings. The number of ether oxygens (including phenoxy) is 2. The number of para-hydroxylation sites is 1. The fourth-order valence-corrected chi connectivity index (χ4v) is 2.75. The van der Waals surface area contributed by atoms with Crippen molar-refractivity contribution in [1.29, 1.82) is 0 Å². The van der Waals surface area contributed by atoms with Crippen LogP contribution in [-0.4, -0.2) is 42.6 Å². The van der Waals surface area contributed by atoms with Gasteiger partial charge in [0.15, 0.2) is 5.78 Å². The van der Waals surface area contributed by atoms with E-state index in [2.05, 4.69) is 0 Å². The molecule has 1 fully saturated rings. The van der Waals surface area contributed by atoms with Gasteiger partial charge in [0.2, 0.25) is 0 Å². The number of piperidine rings is 1. The highest BCUT2D eigenvalue weighted by molar-refractivity contribution is 6.00. The lowest BCUT2D eigenvalue weighted by Crippen LogP contribution is -2.44. The van der Waals surface area contributed by atoms with Gasteiger partial charge in [0.25, 0.3) is 0 Å². The molecule has 23 heavy (non-hydrogen) atoms. The molecule has 1 aliphatic heterocycles. The SMILES string of the molecule is COc1ccccc1C(=O)C1CCCN(C(=O)OC(C)(C)C)C1. The number of benzene rings is 1. The summed E-state index contributed by atoms with van der Waals surface area (Å²) in [6, 6.07) is 7.21. The van der Waals surface area contributed by atoms with Crippen LogP contribution in [0.2, 0.25) is 0 Å². The number of carbonyl (C=O) groups is 2. The molecule has 1 atom stereocenters. The number of ketones is 1. The van der Waals surface area contributed by atoms with E-state index in [1.165, 1.54) is 0 Å². The maximum Gasteiger partial charge on any atom is 0.410 e. The third-order valence-corrected chi connectivity index (χ3v) is 3.82. The summed E-state index contributed by atoms with van der Waals surface area (Å²) in [6.07, 6.45) is 1.22. The first kappa shape index (κ1) is 17.3. The Morgan fingerprint density at radius 2 is 1.91 bits per heavy atom. The van der Waals surface area contributed by atoms with Crippen molar-refractivity contribution in [3.05, 3.63) is 29.8 Å². The van der Waals surface area contributed by atoms with Crippen molar-refractivity contribution >= 4 is 11.9 Å². The predicted molar refractivity (Wildman–Crippen MR) is 87.9 cm³/mol. The zero-order chi connectivity index (χ0) is 17.0. The van der Waals surface area contributed by atoms with E-state index < -0.39 is 5.60 Å². The Bertz CT molecular complexity index is 577. The highest BCUT2D eigenvalue weighted by Gasteiger charge is 2.32. The van der Waals surface area contributed by atoms with Gasteiger partial charge in [-0.1, -0.05) is 12.1 Å². The maximum absolute atomic E-state index is 12.8. The fraction of sp³-hybridized carbons (Fsp3) is 0.556. The van der Waals surface area contributed by atoms with Crippen LogP contribution in [0, 0.1) is 5.92 Å². The van der Waals surface area contributed by atoms with Gasteiger partial charge in [-0.2, -0.15) is 0 Å². The third-order valence-electron chi connectivity index (χ3n) is 3.82. The molecular weight excluding hydrogens is 294 g/mol. The van der Waals surface area contributed by atoms with E-state index in [-0.39, 0.29) is 17.8 Å². The number of carbonyl (C=O) groups excluding carboxylic acids is 2. The molecular formula is C18H25NO4. The zero-order valence-electron chi connectivity index (χ0n) is 14.3. The minimum Gasteiger partial charge on any atom is -0.496 e. The van der Waals surface area contributed by atoms with Gasteiger partial charge in [-0.15, -0.1) is 0 Å². The minimum absolute atomic E-state index is 0.0238. The molecule has 2 rings (SSSR count). The minimum atomic E-state index is -0.531. The Morgan fingerprint density at radius 1 is 1.22 bits per heavy atom. The first-order valence-corrected chi connectivity index (χ1v) is 7.97. The number of likely N-dealkylation sites (tertiary alicyclic amines) is 1. The Balaban J connectivity index is 2.09. The molecule has 5 nitrogen and oxygen atoms in total. The van der Waals surface area contributed by atoms with Gasteiger partial charge >= 0.3 is 6.09 Å². The Morgan fingerprint density at radius 3 is 2.57 bits per heavy atom. The maximum atomic E-state index is 12.8. The van der Waals surface area contributed by atoms with Gasteiger partial charge in [-0.05, 0) is 45.7 Å². The molecule has 0 saturated carbocycles. The standard InChI is InChI=1S/C18H25NO4/c1-18(2,3)23-17(21)19-11-7-8-13(12-19)16(20)14-9-5-6-10-15(14)22-4/h5-6,9-10,13H,7-8,11-12H2,1-4H3. The first-order valence-electron chi connectivity index (χ1n) is 7.97. The normalized spacial score (nSPS) is 18.4. The molecule has 1 aliphatic rings. The van der Waals surface area contributed by atoms with E-state index in [1.807, 2.05) is 32.9 Å². The van der Waals surface area contributed by atoms with Gasteiger partial charge in [0, 0.05) is 19.0 Å². The molecule has 1 saturated heterocycles. The summed E-state index contributed by atoms with van der Waals surface area (Å²) in [5, 5.41) is 0. The molecule has 0 N–H and O–H groups in total. The van der Waals surface area contributed by atoms with Gasteiger partial charge in [-0.25, -0.2) is 4.79 Å². The van der Waals surface area contributed by atoms with Crippen LogP contribution < -0.4 is 4.74 Å². The van der Waals surface area contributed by atoms with E-state index in [0.29, 0.717) is 24.4 Å². The third kappa shape index (κ3) is 4.47. The second-order valence-electron chi connectivity index (χ2n) is 6.83. The van der Waals surface area contributed by atoms with Crippen molar-refractivity contribution in [2.75, 3.05) is 20.2 Å². The monoisotopic (exact) mass is 319 g/mol. The number of nitrogens with zero attached hydrogens (tertiary/aromatic N) is 1. The molecule has 1 heterocycles. The van der Waals surface area contributed by atoms with Crippen molar-refractivity contribution in [2.45, 2.75) is 39.2 Å². The van der Waals surface area contributed by atoms with E-state index in [1.54, 1.807) is 24.1 Å². The molecule has 0 aromatic heterocycles. The predicted octanol–water partition coefficient (Wildman–Crippen LogP) is 3.53. The number of hydrogen-bond acceptors (Lipinski definition) is 4. The van der Waals surface area contributed by atoms with Crippen LogP contribution in [0.4, 0.5) is 4.79 Å². The number of methoxy groups -OCH3 is 1. The van der Waals surface area contributed by atoms with Crippen molar-refractivity contribution in [3.63, 3.8) is 0 Å². The van der Waals surface area contributed by atoms with Crippen LogP contribution in [0.5, 0.6) is 5.75 Å². The summed E-state index contributed by atoms with van der Waals surface area (Å²) >= 11 is 0. The molecule has 0 spiro atoms. The van der Waals surface area contributed by atoms with Gasteiger partial charge in [0.05, 0.1) is 12.7 Å². The van der Waals surface area contributed by atoms with Crippen LogP contribution in [0.25, 0.3) is 0 Å². The lowest BCUT2D eigenvalue weighted by Gasteiger charge is -2.33. The lowest BCUT2D eigenvalue weighted by molar-refractivity contribution is 0.0172. The van der Waals surface area contributed by atoms with Gasteiger partial charge < -0.3 is 14.4 Å². The highest BCUT2D eigenvalue weighted by Crippen LogP contribution is 2.26. The molecule has 1 unspecified atom stereocenters. The first-order chi connectivity index (χ1) is 10.8. The summed E-state index contributed by atoms with van der Waals surface area (Å²) in [6.45, 7) is 6.54. The Hall–Kier alpha value is -2.04. The van der Waals surface area contributed by atoms with Gasteiger partial charge in [-0.3, -0.25) is 4.79 Å². The van der Waals surface area contributed by atoms with Crippen molar-refractivity contribution < 1.29 is 19.1 Å². The molecule has 0 bridgehead atoms. The van der Waals surface area contributed by atoms with Crippen molar-refractivity contribution in [3.8, 4) is 5.75 Å². The molecule has 5 heteroatoms. The van der Waals surface area contributed by atoms with E-state index >= 15 is 0 Å². The lowest BCUT2D eigenvalue weighted by atomic mass is 9.90. The number of hydrogen-bond donors (Lipinski definition) is 0. The average Bonchev–Trinajstić information content (AvgIpc) is 2.52. The van der Waals surface area contributed by atoms with Gasteiger partial charge in [0.1, 0.15) is 11.4 Å². The zero-order valence-corrected chi connectivity index (χ0v) is 14.3. The smallest absolute Gasteiger partial charge is 0.410 e. The second-order valence-corrected chi connectivity index (χ2v) is 6.83. The summed E-state index contributed by atoms with van der Waals surface area (Å²) in [5.41, 5.74) is 0.0440.